The van der Waals surface area contributed by atoms with Crippen molar-refractivity contribution in [2.75, 3.05) is 0 Å². The first kappa shape index (κ1) is 27.2. The Morgan fingerprint density at radius 1 is 0.548 bits per heavy atom. The number of hydrogen-bond acceptors (Lipinski definition) is 0. The lowest BCUT2D eigenvalue weighted by molar-refractivity contribution is 0.0487. The molecule has 0 aromatic rings. The molecule has 2 aliphatic carbocycles. The Kier molecular flexibility index (Phi) is 14.6. The third-order valence-corrected chi connectivity index (χ3v) is 9.35. The van der Waals surface area contributed by atoms with Gasteiger partial charge >= 0.3 is 0 Å². The molecule has 31 heavy (non-hydrogen) atoms. The van der Waals surface area contributed by atoms with E-state index in [0.29, 0.717) is 0 Å². The highest BCUT2D eigenvalue weighted by Gasteiger charge is 2.38. The molecule has 2 saturated carbocycles. The second-order valence-electron chi connectivity index (χ2n) is 12.1. The van der Waals surface area contributed by atoms with Crippen LogP contribution in [0, 0.1) is 35.5 Å². The van der Waals surface area contributed by atoms with Crippen LogP contribution in [0.1, 0.15) is 163 Å². The summed E-state index contributed by atoms with van der Waals surface area (Å²) in [5.74, 6) is 6.25. The topological polar surface area (TPSA) is 0 Å². The first-order valence-corrected chi connectivity index (χ1v) is 15.2. The molecule has 0 heteroatoms. The van der Waals surface area contributed by atoms with Gasteiger partial charge in [0.15, 0.2) is 0 Å². The second-order valence-corrected chi connectivity index (χ2v) is 12.1. The van der Waals surface area contributed by atoms with Crippen LogP contribution in [0.2, 0.25) is 0 Å². The van der Waals surface area contributed by atoms with Crippen molar-refractivity contribution in [1.82, 2.24) is 0 Å². The molecule has 0 nitrogen and oxygen atoms in total. The van der Waals surface area contributed by atoms with Gasteiger partial charge in [0, 0.05) is 0 Å². The van der Waals surface area contributed by atoms with E-state index in [1.807, 2.05) is 0 Å². The maximum Gasteiger partial charge on any atom is -0.0352 e. The quantitative estimate of drug-likeness (QED) is 0.213. The predicted molar refractivity (Wildman–Crippen MR) is 141 cm³/mol. The smallest absolute Gasteiger partial charge is 0.0352 e. The van der Waals surface area contributed by atoms with Crippen LogP contribution in [0.25, 0.3) is 0 Å². The van der Waals surface area contributed by atoms with Crippen molar-refractivity contribution in [3.63, 3.8) is 0 Å². The molecule has 2 fully saturated rings. The minimum atomic E-state index is 0.986. The van der Waals surface area contributed by atoms with E-state index >= 15 is 0 Å². The summed E-state index contributed by atoms with van der Waals surface area (Å²) >= 11 is 0. The van der Waals surface area contributed by atoms with Crippen molar-refractivity contribution in [1.29, 1.82) is 0 Å². The monoisotopic (exact) mass is 432 g/mol. The zero-order valence-electron chi connectivity index (χ0n) is 22.3. The van der Waals surface area contributed by atoms with Gasteiger partial charge in [0.05, 0.1) is 0 Å². The van der Waals surface area contributed by atoms with Crippen LogP contribution in [0.15, 0.2) is 0 Å². The van der Waals surface area contributed by atoms with Crippen LogP contribution in [-0.4, -0.2) is 0 Å². The molecular formula is C31H60. The average Bonchev–Trinajstić information content (AvgIpc) is 2.77. The van der Waals surface area contributed by atoms with Gasteiger partial charge in [-0.1, -0.05) is 137 Å². The van der Waals surface area contributed by atoms with Crippen LogP contribution in [0.5, 0.6) is 0 Å². The number of hydrogen-bond donors (Lipinski definition) is 0. The van der Waals surface area contributed by atoms with Crippen LogP contribution in [0.3, 0.4) is 0 Å². The van der Waals surface area contributed by atoms with Gasteiger partial charge in [-0.25, -0.2) is 0 Å². The fourth-order valence-corrected chi connectivity index (χ4v) is 7.24. The Morgan fingerprint density at radius 2 is 1.03 bits per heavy atom. The largest absolute Gasteiger partial charge is 0.0654 e. The predicted octanol–water partition coefficient (Wildman–Crippen LogP) is 11.0. The first-order valence-electron chi connectivity index (χ1n) is 15.2. The normalized spacial score (nSPS) is 29.5. The van der Waals surface area contributed by atoms with E-state index in [9.17, 15) is 0 Å². The Morgan fingerprint density at radius 3 is 1.58 bits per heavy atom. The van der Waals surface area contributed by atoms with Crippen molar-refractivity contribution in [3.8, 4) is 0 Å². The second kappa shape index (κ2) is 16.6. The lowest BCUT2D eigenvalue weighted by Crippen LogP contribution is -2.36. The highest BCUT2D eigenvalue weighted by molar-refractivity contribution is 4.89. The molecule has 184 valence electrons. The maximum atomic E-state index is 2.57. The van der Waals surface area contributed by atoms with E-state index in [0.717, 1.165) is 35.5 Å². The van der Waals surface area contributed by atoms with E-state index in [2.05, 4.69) is 27.7 Å². The molecular weight excluding hydrogens is 372 g/mol. The van der Waals surface area contributed by atoms with Crippen molar-refractivity contribution in [3.05, 3.63) is 0 Å². The van der Waals surface area contributed by atoms with Crippen LogP contribution < -0.4 is 0 Å². The third kappa shape index (κ3) is 10.6. The van der Waals surface area contributed by atoms with Crippen molar-refractivity contribution in [2.45, 2.75) is 163 Å². The summed E-state index contributed by atoms with van der Waals surface area (Å²) < 4.78 is 0. The lowest BCUT2D eigenvalue weighted by atomic mass is 9.60. The summed E-state index contributed by atoms with van der Waals surface area (Å²) in [6, 6.07) is 0. The van der Waals surface area contributed by atoms with Gasteiger partial charge in [-0.05, 0) is 61.2 Å². The first-order chi connectivity index (χ1) is 15.2. The van der Waals surface area contributed by atoms with E-state index in [4.69, 9.17) is 0 Å². The molecule has 0 spiro atoms. The molecule has 0 saturated heterocycles. The van der Waals surface area contributed by atoms with E-state index in [-0.39, 0.29) is 0 Å². The molecule has 0 aliphatic heterocycles. The van der Waals surface area contributed by atoms with E-state index < -0.39 is 0 Å². The Bertz CT molecular complexity index is 388. The Labute approximate surface area is 198 Å². The zero-order valence-corrected chi connectivity index (χ0v) is 22.3. The van der Waals surface area contributed by atoms with E-state index in [1.54, 1.807) is 38.5 Å². The van der Waals surface area contributed by atoms with E-state index in [1.165, 1.54) is 96.3 Å². The van der Waals surface area contributed by atoms with Crippen LogP contribution in [0.4, 0.5) is 0 Å². The molecule has 0 N–H and O–H groups in total. The summed E-state index contributed by atoms with van der Waals surface area (Å²) in [5, 5.41) is 0. The minimum Gasteiger partial charge on any atom is -0.0654 e. The fraction of sp³-hybridized carbons (Fsp3) is 1.00. The minimum absolute atomic E-state index is 0.986. The average molecular weight is 433 g/mol. The SMILES string of the molecule is CCCCCCCCC(CCCCCCCC)C1CC(C)CCC1C1CCC(C)CC1. The van der Waals surface area contributed by atoms with Crippen LogP contribution >= 0.6 is 0 Å². The molecule has 0 bridgehead atoms. The van der Waals surface area contributed by atoms with Gasteiger partial charge in [0.1, 0.15) is 0 Å². The zero-order chi connectivity index (χ0) is 22.3. The highest BCUT2D eigenvalue weighted by atomic mass is 14.4. The number of rotatable bonds is 16. The summed E-state index contributed by atoms with van der Waals surface area (Å²) in [7, 11) is 0. The molecule has 0 radical (unpaired) electrons. The van der Waals surface area contributed by atoms with Gasteiger partial charge in [-0.2, -0.15) is 0 Å². The molecule has 3 unspecified atom stereocenters. The van der Waals surface area contributed by atoms with Gasteiger partial charge < -0.3 is 0 Å². The summed E-state index contributed by atoms with van der Waals surface area (Å²) in [6.45, 7) is 9.75. The molecule has 0 heterocycles. The van der Waals surface area contributed by atoms with Gasteiger partial charge in [-0.3, -0.25) is 0 Å². The van der Waals surface area contributed by atoms with Gasteiger partial charge in [0.25, 0.3) is 0 Å². The van der Waals surface area contributed by atoms with Crippen LogP contribution in [-0.2, 0) is 0 Å². The highest BCUT2D eigenvalue weighted by Crippen LogP contribution is 2.48. The fourth-order valence-electron chi connectivity index (χ4n) is 7.24. The Hall–Kier alpha value is 0. The molecule has 0 aromatic carbocycles. The summed E-state index contributed by atoms with van der Waals surface area (Å²) in [4.78, 5) is 0. The lowest BCUT2D eigenvalue weighted by Gasteiger charge is -2.45. The number of unbranched alkanes of at least 4 members (excludes halogenated alkanes) is 10. The third-order valence-electron chi connectivity index (χ3n) is 9.35. The van der Waals surface area contributed by atoms with Gasteiger partial charge in [0.2, 0.25) is 0 Å². The maximum absolute atomic E-state index is 2.57. The van der Waals surface area contributed by atoms with Gasteiger partial charge in [-0.15, -0.1) is 0 Å². The van der Waals surface area contributed by atoms with Crippen molar-refractivity contribution >= 4 is 0 Å². The standard InChI is InChI=1S/C31H60/c1-5-7-9-11-13-15-17-28(18-16-14-12-10-8-6-2)31-25-27(4)21-24-30(31)29-22-19-26(3)20-23-29/h26-31H,5-25H2,1-4H3. The Balaban J connectivity index is 1.91. The summed E-state index contributed by atoms with van der Waals surface area (Å²) in [6.07, 6.45) is 31.5. The van der Waals surface area contributed by atoms with Crippen molar-refractivity contribution in [2.24, 2.45) is 35.5 Å². The molecule has 2 aliphatic rings. The molecule has 0 aromatic heterocycles. The molecule has 0 amide bonds. The molecule has 2 rings (SSSR count). The molecule has 3 atom stereocenters. The summed E-state index contributed by atoms with van der Waals surface area (Å²) in [5.41, 5.74) is 0. The van der Waals surface area contributed by atoms with Crippen molar-refractivity contribution < 1.29 is 0 Å².